The molecule has 1 aromatic heterocycles. The van der Waals surface area contributed by atoms with Crippen molar-refractivity contribution in [2.75, 3.05) is 32.1 Å². The highest BCUT2D eigenvalue weighted by Crippen LogP contribution is 2.35. The number of ether oxygens (including phenoxy) is 1. The molecule has 8 nitrogen and oxygen atoms in total. The number of rotatable bonds is 4. The van der Waals surface area contributed by atoms with Crippen LogP contribution in [-0.4, -0.2) is 59.7 Å². The fourth-order valence-corrected chi connectivity index (χ4v) is 4.88. The Morgan fingerprint density at radius 2 is 1.55 bits per heavy atom. The van der Waals surface area contributed by atoms with Gasteiger partial charge in [0, 0.05) is 36.8 Å². The van der Waals surface area contributed by atoms with E-state index in [1.807, 2.05) is 71.6 Å². The number of aromatic nitrogens is 1. The van der Waals surface area contributed by atoms with E-state index in [1.165, 1.54) is 7.11 Å². The quantitative estimate of drug-likeness (QED) is 0.333. The number of hydrogen-bond acceptors (Lipinski definition) is 5. The summed E-state index contributed by atoms with van der Waals surface area (Å²) in [6.45, 7) is 1.57. The van der Waals surface area contributed by atoms with E-state index in [2.05, 4.69) is 0 Å². The molecule has 0 atom stereocenters. The number of nitrogens with zero attached hydrogens (tertiary/aromatic N) is 4. The zero-order valence-corrected chi connectivity index (χ0v) is 21.5. The highest BCUT2D eigenvalue weighted by Gasteiger charge is 2.26. The number of aliphatic imine (C=N–C) groups is 1. The van der Waals surface area contributed by atoms with E-state index < -0.39 is 6.09 Å². The van der Waals surface area contributed by atoms with Crippen LogP contribution in [0.4, 0.5) is 21.0 Å². The number of aromatic hydroxyl groups is 1. The number of benzene rings is 3. The number of likely N-dealkylation sites (tertiary alicyclic amines) is 1. The molecule has 194 valence electrons. The summed E-state index contributed by atoms with van der Waals surface area (Å²) in [6.07, 6.45) is 2.55. The van der Waals surface area contributed by atoms with Crippen LogP contribution in [0.25, 0.3) is 10.9 Å². The maximum absolute atomic E-state index is 12.9. The van der Waals surface area contributed by atoms with Crippen molar-refractivity contribution in [3.8, 4) is 5.88 Å². The SMILES string of the molecule is COC(=O)n1c(O)c(C(=Nc2ccc(N(C)C(=O)N3CCCCC3)cc2)c2ccccc2)c2ccccc21. The van der Waals surface area contributed by atoms with Gasteiger partial charge in [-0.3, -0.25) is 4.90 Å². The molecule has 2 heterocycles. The van der Waals surface area contributed by atoms with E-state index in [9.17, 15) is 14.7 Å². The molecule has 1 aliphatic heterocycles. The standard InChI is InChI=1S/C30H30N4O4/c1-32(29(36)33-19-9-4-10-20-33)23-17-15-22(16-18-23)31-27(21-11-5-3-6-12-21)26-24-13-7-8-14-25(24)34(28(26)35)30(37)38-2/h3,5-8,11-18,35H,4,9-10,19-20H2,1-2H3. The number of hydrogen-bond donors (Lipinski definition) is 1. The number of urea groups is 1. The molecule has 2 amide bonds. The first-order chi connectivity index (χ1) is 18.5. The minimum Gasteiger partial charge on any atom is -0.494 e. The van der Waals surface area contributed by atoms with Crippen LogP contribution >= 0.6 is 0 Å². The molecule has 38 heavy (non-hydrogen) atoms. The second-order valence-electron chi connectivity index (χ2n) is 9.25. The molecule has 1 fully saturated rings. The molecule has 1 aliphatic rings. The smallest absolute Gasteiger partial charge is 0.421 e. The van der Waals surface area contributed by atoms with Gasteiger partial charge in [-0.2, -0.15) is 0 Å². The van der Waals surface area contributed by atoms with Gasteiger partial charge in [-0.15, -0.1) is 0 Å². The summed E-state index contributed by atoms with van der Waals surface area (Å²) in [5, 5.41) is 11.9. The topological polar surface area (TPSA) is 87.4 Å². The lowest BCUT2D eigenvalue weighted by Crippen LogP contribution is -2.43. The van der Waals surface area contributed by atoms with Crippen LogP contribution in [0.1, 0.15) is 30.4 Å². The summed E-state index contributed by atoms with van der Waals surface area (Å²) >= 11 is 0. The molecular weight excluding hydrogens is 480 g/mol. The van der Waals surface area contributed by atoms with Crippen molar-refractivity contribution in [1.29, 1.82) is 0 Å². The number of fused-ring (bicyclic) bond motifs is 1. The van der Waals surface area contributed by atoms with Crippen molar-refractivity contribution < 1.29 is 19.4 Å². The largest absolute Gasteiger partial charge is 0.494 e. The summed E-state index contributed by atoms with van der Waals surface area (Å²) in [4.78, 5) is 34.0. The first kappa shape index (κ1) is 25.1. The van der Waals surface area contributed by atoms with E-state index in [4.69, 9.17) is 9.73 Å². The molecule has 4 aromatic rings. The Morgan fingerprint density at radius 1 is 0.895 bits per heavy atom. The van der Waals surface area contributed by atoms with Crippen molar-refractivity contribution in [2.24, 2.45) is 4.99 Å². The fraction of sp³-hybridized carbons (Fsp3) is 0.233. The van der Waals surface area contributed by atoms with Gasteiger partial charge >= 0.3 is 12.1 Å². The van der Waals surface area contributed by atoms with Gasteiger partial charge in [-0.1, -0.05) is 48.5 Å². The zero-order chi connectivity index (χ0) is 26.6. The van der Waals surface area contributed by atoms with E-state index in [0.29, 0.717) is 27.9 Å². The minimum absolute atomic E-state index is 0.00790. The maximum Gasteiger partial charge on any atom is 0.421 e. The van der Waals surface area contributed by atoms with Crippen LogP contribution < -0.4 is 4.90 Å². The highest BCUT2D eigenvalue weighted by molar-refractivity contribution is 6.23. The molecule has 8 heteroatoms. The Hall–Kier alpha value is -4.59. The minimum atomic E-state index is -0.692. The summed E-state index contributed by atoms with van der Waals surface area (Å²) in [6, 6.07) is 24.1. The maximum atomic E-state index is 12.9. The molecule has 0 saturated carbocycles. The van der Waals surface area contributed by atoms with Crippen molar-refractivity contribution in [2.45, 2.75) is 19.3 Å². The lowest BCUT2D eigenvalue weighted by molar-refractivity contribution is 0.171. The second kappa shape index (κ2) is 10.8. The van der Waals surface area contributed by atoms with Crippen molar-refractivity contribution in [1.82, 2.24) is 9.47 Å². The molecule has 5 rings (SSSR count). The molecule has 0 spiro atoms. The lowest BCUT2D eigenvalue weighted by Gasteiger charge is -2.31. The third kappa shape index (κ3) is 4.72. The molecule has 0 bridgehead atoms. The third-order valence-corrected chi connectivity index (χ3v) is 6.88. The first-order valence-corrected chi connectivity index (χ1v) is 12.7. The van der Waals surface area contributed by atoms with E-state index >= 15 is 0 Å². The molecule has 0 unspecified atom stereocenters. The monoisotopic (exact) mass is 510 g/mol. The Labute approximate surface area is 221 Å². The number of carbonyl (C=O) groups is 2. The summed E-state index contributed by atoms with van der Waals surface area (Å²) < 4.78 is 6.08. The number of piperidine rings is 1. The van der Waals surface area contributed by atoms with Gasteiger partial charge < -0.3 is 14.7 Å². The molecule has 3 aromatic carbocycles. The molecule has 1 saturated heterocycles. The number of carbonyl (C=O) groups excluding carboxylic acids is 2. The van der Waals surface area contributed by atoms with E-state index in [0.717, 1.165) is 48.2 Å². The van der Waals surface area contributed by atoms with Crippen LogP contribution in [0, 0.1) is 0 Å². The Bertz CT molecular complexity index is 1490. The van der Waals surface area contributed by atoms with E-state index in [-0.39, 0.29) is 11.9 Å². The van der Waals surface area contributed by atoms with Gasteiger partial charge in [0.25, 0.3) is 0 Å². The second-order valence-corrected chi connectivity index (χ2v) is 9.25. The van der Waals surface area contributed by atoms with Gasteiger partial charge in [0.05, 0.1) is 29.6 Å². The molecular formula is C30H30N4O4. The van der Waals surface area contributed by atoms with E-state index in [1.54, 1.807) is 24.1 Å². The summed E-state index contributed by atoms with van der Waals surface area (Å²) in [7, 11) is 3.06. The van der Waals surface area contributed by atoms with Crippen molar-refractivity contribution in [3.63, 3.8) is 0 Å². The van der Waals surface area contributed by atoms with Gasteiger partial charge in [-0.25, -0.2) is 19.1 Å². The number of amides is 2. The number of anilines is 1. The zero-order valence-electron chi connectivity index (χ0n) is 21.5. The highest BCUT2D eigenvalue weighted by atomic mass is 16.5. The molecule has 1 N–H and O–H groups in total. The number of para-hydroxylation sites is 1. The van der Waals surface area contributed by atoms with Gasteiger partial charge in [0.2, 0.25) is 5.88 Å². The van der Waals surface area contributed by atoms with Gasteiger partial charge in [-0.05, 0) is 49.6 Å². The average Bonchev–Trinajstić information content (AvgIpc) is 3.27. The Balaban J connectivity index is 1.57. The third-order valence-electron chi connectivity index (χ3n) is 6.88. The predicted octanol–water partition coefficient (Wildman–Crippen LogP) is 6.17. The molecule has 0 radical (unpaired) electrons. The van der Waals surface area contributed by atoms with Crippen LogP contribution in [0.2, 0.25) is 0 Å². The summed E-state index contributed by atoms with van der Waals surface area (Å²) in [5.74, 6) is -0.246. The first-order valence-electron chi connectivity index (χ1n) is 12.7. The van der Waals surface area contributed by atoms with Crippen molar-refractivity contribution >= 4 is 40.1 Å². The van der Waals surface area contributed by atoms with Crippen LogP contribution in [0.15, 0.2) is 83.9 Å². The van der Waals surface area contributed by atoms with Gasteiger partial charge in [0.1, 0.15) is 0 Å². The van der Waals surface area contributed by atoms with Crippen molar-refractivity contribution in [3.05, 3.63) is 90.0 Å². The lowest BCUT2D eigenvalue weighted by atomic mass is 10.0. The Kier molecular flexibility index (Phi) is 7.13. The fourth-order valence-electron chi connectivity index (χ4n) is 4.88. The van der Waals surface area contributed by atoms with Crippen LogP contribution in [0.5, 0.6) is 5.88 Å². The molecule has 0 aliphatic carbocycles. The normalized spacial score (nSPS) is 13.9. The predicted molar refractivity (Wildman–Crippen MR) is 149 cm³/mol. The van der Waals surface area contributed by atoms with Gasteiger partial charge in [0.15, 0.2) is 0 Å². The number of methoxy groups -OCH3 is 1. The average molecular weight is 511 g/mol. The summed E-state index contributed by atoms with van der Waals surface area (Å²) in [5.41, 5.74) is 3.64. The van der Waals surface area contributed by atoms with Crippen LogP contribution in [-0.2, 0) is 4.74 Å². The Morgan fingerprint density at radius 3 is 2.24 bits per heavy atom. The van der Waals surface area contributed by atoms with Crippen LogP contribution in [0.3, 0.4) is 0 Å².